The van der Waals surface area contributed by atoms with Crippen molar-refractivity contribution in [1.82, 2.24) is 5.32 Å². The van der Waals surface area contributed by atoms with Gasteiger partial charge < -0.3 is 16.2 Å². The highest BCUT2D eigenvalue weighted by Gasteiger charge is 2.19. The normalized spacial score (nSPS) is 12.5. The number of nitrogens with two attached hydrogens (primary N) is 1. The van der Waals surface area contributed by atoms with Gasteiger partial charge in [0, 0.05) is 18.3 Å². The fourth-order valence-electron chi connectivity index (χ4n) is 1.73. The first-order chi connectivity index (χ1) is 8.47. The summed E-state index contributed by atoms with van der Waals surface area (Å²) < 4.78 is 0. The van der Waals surface area contributed by atoms with Gasteiger partial charge >= 0.3 is 0 Å². The molecule has 0 aliphatic rings. The Morgan fingerprint density at radius 2 is 2.17 bits per heavy atom. The van der Waals surface area contributed by atoms with E-state index >= 15 is 0 Å². The van der Waals surface area contributed by atoms with Crippen molar-refractivity contribution in [3.8, 4) is 0 Å². The van der Waals surface area contributed by atoms with Gasteiger partial charge in [-0.2, -0.15) is 0 Å². The summed E-state index contributed by atoms with van der Waals surface area (Å²) in [6, 6.07) is 4.86. The number of aliphatic hydroxyl groups is 1. The molecule has 0 aliphatic heterocycles. The SMILES string of the molecule is CC(C)C(CCO)NC(=O)c1c(N)cccc1Cl. The summed E-state index contributed by atoms with van der Waals surface area (Å²) in [5.41, 5.74) is 6.40. The number of hydrogen-bond acceptors (Lipinski definition) is 3. The number of amides is 1. The lowest BCUT2D eigenvalue weighted by molar-refractivity contribution is 0.0917. The van der Waals surface area contributed by atoms with Crippen molar-refractivity contribution in [2.24, 2.45) is 5.92 Å². The minimum Gasteiger partial charge on any atom is -0.398 e. The molecule has 0 spiro atoms. The molecular formula is C13H19ClN2O2. The van der Waals surface area contributed by atoms with Crippen molar-refractivity contribution in [3.05, 3.63) is 28.8 Å². The molecule has 1 unspecified atom stereocenters. The Bertz CT molecular complexity index is 401. The van der Waals surface area contributed by atoms with Crippen LogP contribution in [-0.2, 0) is 0 Å². The van der Waals surface area contributed by atoms with E-state index in [-0.39, 0.29) is 24.5 Å². The van der Waals surface area contributed by atoms with Crippen LogP contribution in [0, 0.1) is 5.92 Å². The summed E-state index contributed by atoms with van der Waals surface area (Å²) >= 11 is 5.97. The van der Waals surface area contributed by atoms with Crippen molar-refractivity contribution in [2.45, 2.75) is 26.3 Å². The molecule has 1 atom stereocenters. The first-order valence-corrected chi connectivity index (χ1v) is 6.30. The van der Waals surface area contributed by atoms with Gasteiger partial charge in [0.1, 0.15) is 0 Å². The number of rotatable bonds is 5. The van der Waals surface area contributed by atoms with Gasteiger partial charge in [0.05, 0.1) is 10.6 Å². The number of nitrogens with one attached hydrogen (secondary N) is 1. The summed E-state index contributed by atoms with van der Waals surface area (Å²) in [5, 5.41) is 12.2. The quantitative estimate of drug-likeness (QED) is 0.717. The van der Waals surface area contributed by atoms with Crippen molar-refractivity contribution < 1.29 is 9.90 Å². The van der Waals surface area contributed by atoms with Crippen molar-refractivity contribution in [2.75, 3.05) is 12.3 Å². The fourth-order valence-corrected chi connectivity index (χ4v) is 2.00. The van der Waals surface area contributed by atoms with E-state index in [4.69, 9.17) is 22.4 Å². The largest absolute Gasteiger partial charge is 0.398 e. The molecule has 0 bridgehead atoms. The zero-order valence-corrected chi connectivity index (χ0v) is 11.4. The van der Waals surface area contributed by atoms with Crippen LogP contribution in [0.15, 0.2) is 18.2 Å². The smallest absolute Gasteiger partial charge is 0.255 e. The molecule has 1 aromatic rings. The van der Waals surface area contributed by atoms with Crippen LogP contribution in [-0.4, -0.2) is 23.7 Å². The molecule has 4 nitrogen and oxygen atoms in total. The fraction of sp³-hybridized carbons (Fsp3) is 0.462. The van der Waals surface area contributed by atoms with E-state index in [1.807, 2.05) is 13.8 Å². The summed E-state index contributed by atoms with van der Waals surface area (Å²) in [6.45, 7) is 3.99. The van der Waals surface area contributed by atoms with Gasteiger partial charge in [-0.05, 0) is 24.5 Å². The molecule has 18 heavy (non-hydrogen) atoms. The van der Waals surface area contributed by atoms with Crippen LogP contribution in [0.2, 0.25) is 5.02 Å². The number of hydrogen-bond donors (Lipinski definition) is 3. The lowest BCUT2D eigenvalue weighted by Crippen LogP contribution is -2.39. The van der Waals surface area contributed by atoms with Gasteiger partial charge in [0.2, 0.25) is 0 Å². The average Bonchev–Trinajstić information content (AvgIpc) is 2.28. The Hall–Kier alpha value is -1.26. The number of carbonyl (C=O) groups is 1. The van der Waals surface area contributed by atoms with Crippen LogP contribution >= 0.6 is 11.6 Å². The Morgan fingerprint density at radius 3 is 2.67 bits per heavy atom. The topological polar surface area (TPSA) is 75.3 Å². The standard InChI is InChI=1S/C13H19ClN2O2/c1-8(2)11(6-7-17)16-13(18)12-9(14)4-3-5-10(12)15/h3-5,8,11,17H,6-7,15H2,1-2H3,(H,16,18). The van der Waals surface area contributed by atoms with Crippen molar-refractivity contribution in [3.63, 3.8) is 0 Å². The molecule has 0 radical (unpaired) electrons. The van der Waals surface area contributed by atoms with Gasteiger partial charge in [-0.25, -0.2) is 0 Å². The lowest BCUT2D eigenvalue weighted by atomic mass is 10.0. The summed E-state index contributed by atoms with van der Waals surface area (Å²) in [7, 11) is 0. The summed E-state index contributed by atoms with van der Waals surface area (Å²) in [5.74, 6) is -0.0740. The van der Waals surface area contributed by atoms with E-state index in [1.165, 1.54) is 0 Å². The Morgan fingerprint density at radius 1 is 1.50 bits per heavy atom. The minimum atomic E-state index is -0.301. The molecule has 0 fully saturated rings. The highest BCUT2D eigenvalue weighted by Crippen LogP contribution is 2.22. The number of nitrogen functional groups attached to an aromatic ring is 1. The van der Waals surface area contributed by atoms with Crippen molar-refractivity contribution in [1.29, 1.82) is 0 Å². The molecule has 100 valence electrons. The second-order valence-electron chi connectivity index (χ2n) is 4.54. The molecule has 0 aromatic heterocycles. The highest BCUT2D eigenvalue weighted by atomic mass is 35.5. The molecule has 0 saturated heterocycles. The van der Waals surface area contributed by atoms with Gasteiger partial charge in [0.25, 0.3) is 5.91 Å². The van der Waals surface area contributed by atoms with Crippen LogP contribution in [0.4, 0.5) is 5.69 Å². The van der Waals surface area contributed by atoms with Crippen LogP contribution in [0.5, 0.6) is 0 Å². The second-order valence-corrected chi connectivity index (χ2v) is 4.95. The maximum Gasteiger partial charge on any atom is 0.255 e. The zero-order chi connectivity index (χ0) is 13.7. The van der Waals surface area contributed by atoms with Gasteiger partial charge in [0.15, 0.2) is 0 Å². The zero-order valence-electron chi connectivity index (χ0n) is 10.6. The Labute approximate surface area is 112 Å². The van der Waals surface area contributed by atoms with Gasteiger partial charge in [-0.15, -0.1) is 0 Å². The van der Waals surface area contributed by atoms with Crippen molar-refractivity contribution >= 4 is 23.2 Å². The minimum absolute atomic E-state index is 0.0289. The van der Waals surface area contributed by atoms with Gasteiger partial charge in [-0.3, -0.25) is 4.79 Å². The molecule has 0 saturated carbocycles. The van der Waals surface area contributed by atoms with Crippen LogP contribution in [0.25, 0.3) is 0 Å². The molecule has 0 heterocycles. The highest BCUT2D eigenvalue weighted by molar-refractivity contribution is 6.34. The van der Waals surface area contributed by atoms with Crippen LogP contribution in [0.3, 0.4) is 0 Å². The van der Waals surface area contributed by atoms with Crippen LogP contribution < -0.4 is 11.1 Å². The predicted molar refractivity (Wildman–Crippen MR) is 73.7 cm³/mol. The molecule has 5 heteroatoms. The molecule has 0 aliphatic carbocycles. The van der Waals surface area contributed by atoms with E-state index in [0.29, 0.717) is 22.7 Å². The molecule has 1 aromatic carbocycles. The number of carbonyl (C=O) groups excluding carboxylic acids is 1. The third kappa shape index (κ3) is 3.62. The maximum atomic E-state index is 12.1. The van der Waals surface area contributed by atoms with E-state index in [0.717, 1.165) is 0 Å². The first kappa shape index (κ1) is 14.8. The number of benzene rings is 1. The van der Waals surface area contributed by atoms with E-state index in [1.54, 1.807) is 18.2 Å². The van der Waals surface area contributed by atoms with E-state index in [2.05, 4.69) is 5.32 Å². The third-order valence-corrected chi connectivity index (χ3v) is 3.15. The van der Waals surface area contributed by atoms with E-state index < -0.39 is 0 Å². The summed E-state index contributed by atoms with van der Waals surface area (Å²) in [4.78, 5) is 12.1. The lowest BCUT2D eigenvalue weighted by Gasteiger charge is -2.22. The monoisotopic (exact) mass is 270 g/mol. The van der Waals surface area contributed by atoms with Gasteiger partial charge in [-0.1, -0.05) is 31.5 Å². The first-order valence-electron chi connectivity index (χ1n) is 5.93. The average molecular weight is 271 g/mol. The molecule has 1 amide bonds. The summed E-state index contributed by atoms with van der Waals surface area (Å²) in [6.07, 6.45) is 0.508. The van der Waals surface area contributed by atoms with Crippen LogP contribution in [0.1, 0.15) is 30.6 Å². The predicted octanol–water partition coefficient (Wildman–Crippen LogP) is 2.06. The number of aliphatic hydroxyl groups excluding tert-OH is 1. The Balaban J connectivity index is 2.87. The van der Waals surface area contributed by atoms with E-state index in [9.17, 15) is 4.79 Å². The number of halogens is 1. The maximum absolute atomic E-state index is 12.1. The third-order valence-electron chi connectivity index (χ3n) is 2.83. The Kier molecular flexibility index (Phi) is 5.44. The molecule has 1 rings (SSSR count). The number of anilines is 1. The second kappa shape index (κ2) is 6.61. The molecule has 4 N–H and O–H groups in total. The molecular weight excluding hydrogens is 252 g/mol.